The van der Waals surface area contributed by atoms with Crippen LogP contribution in [0, 0.1) is 10.1 Å². The van der Waals surface area contributed by atoms with Crippen LogP contribution in [0.1, 0.15) is 20.7 Å². The number of nitrogens with one attached hydrogen (secondary N) is 2. The van der Waals surface area contributed by atoms with Gasteiger partial charge in [0.2, 0.25) is 0 Å². The van der Waals surface area contributed by atoms with Crippen LogP contribution >= 0.6 is 0 Å². The first kappa shape index (κ1) is 21.5. The van der Waals surface area contributed by atoms with Gasteiger partial charge >= 0.3 is 5.97 Å². The van der Waals surface area contributed by atoms with Gasteiger partial charge in [-0.3, -0.25) is 19.6 Å². The summed E-state index contributed by atoms with van der Waals surface area (Å²) in [7, 11) is -4.09. The molecule has 3 N–H and O–H groups in total. The third-order valence-corrected chi connectivity index (χ3v) is 5.52. The number of para-hydroxylation sites is 1. The van der Waals surface area contributed by atoms with Crippen molar-refractivity contribution in [3.05, 3.63) is 94.0 Å². The fourth-order valence-corrected chi connectivity index (χ4v) is 3.74. The largest absolute Gasteiger partial charge is 0.478 e. The highest BCUT2D eigenvalue weighted by Crippen LogP contribution is 2.21. The van der Waals surface area contributed by atoms with Gasteiger partial charge in [-0.2, -0.15) is 0 Å². The number of anilines is 2. The molecule has 0 saturated carbocycles. The van der Waals surface area contributed by atoms with Gasteiger partial charge in [0.25, 0.3) is 21.6 Å². The van der Waals surface area contributed by atoms with Crippen LogP contribution in [0.15, 0.2) is 77.7 Å². The van der Waals surface area contributed by atoms with Gasteiger partial charge in [0.1, 0.15) is 0 Å². The molecule has 0 aliphatic heterocycles. The number of nitro benzene ring substituents is 1. The van der Waals surface area contributed by atoms with E-state index in [0.717, 1.165) is 6.07 Å². The van der Waals surface area contributed by atoms with E-state index in [-0.39, 0.29) is 33.1 Å². The van der Waals surface area contributed by atoms with E-state index in [2.05, 4.69) is 10.0 Å². The van der Waals surface area contributed by atoms with Crippen LogP contribution in [0.3, 0.4) is 0 Å². The summed E-state index contributed by atoms with van der Waals surface area (Å²) in [5.41, 5.74) is -0.0170. The van der Waals surface area contributed by atoms with Crippen molar-refractivity contribution in [3.8, 4) is 0 Å². The van der Waals surface area contributed by atoms with Crippen LogP contribution in [0.4, 0.5) is 17.1 Å². The molecule has 31 heavy (non-hydrogen) atoms. The Hall–Kier alpha value is -4.25. The van der Waals surface area contributed by atoms with Crippen molar-refractivity contribution in [2.45, 2.75) is 4.90 Å². The predicted octanol–water partition coefficient (Wildman–Crippen LogP) is 3.35. The standard InChI is InChI=1S/C20H15N3O7S/c24-19(21-18-7-2-1-6-17(18)20(25)26)13-8-10-14(11-9-13)22-31(29,30)16-5-3-4-15(12-16)23(27)28/h1-12,22H,(H,21,24)(H,25,26). The van der Waals surface area contributed by atoms with E-state index >= 15 is 0 Å². The lowest BCUT2D eigenvalue weighted by Crippen LogP contribution is -2.15. The summed E-state index contributed by atoms with van der Waals surface area (Å²) in [6.07, 6.45) is 0. The lowest BCUT2D eigenvalue weighted by Gasteiger charge is -2.10. The lowest BCUT2D eigenvalue weighted by molar-refractivity contribution is -0.385. The number of carbonyl (C=O) groups is 2. The average Bonchev–Trinajstić information content (AvgIpc) is 2.74. The Morgan fingerprint density at radius 1 is 0.935 bits per heavy atom. The number of hydrogen-bond donors (Lipinski definition) is 3. The molecule has 0 heterocycles. The summed E-state index contributed by atoms with van der Waals surface area (Å²) in [6, 6.07) is 15.9. The van der Waals surface area contributed by atoms with Gasteiger partial charge in [0, 0.05) is 23.4 Å². The maximum Gasteiger partial charge on any atom is 0.337 e. The highest BCUT2D eigenvalue weighted by atomic mass is 32.2. The Bertz CT molecular complexity index is 1270. The zero-order chi connectivity index (χ0) is 22.6. The molecule has 0 saturated heterocycles. The van der Waals surface area contributed by atoms with Crippen LogP contribution in [-0.4, -0.2) is 30.3 Å². The molecule has 3 aromatic carbocycles. The van der Waals surface area contributed by atoms with E-state index < -0.39 is 26.8 Å². The molecule has 0 aliphatic carbocycles. The number of benzene rings is 3. The third kappa shape index (κ3) is 5.03. The van der Waals surface area contributed by atoms with Crippen LogP contribution < -0.4 is 10.0 Å². The van der Waals surface area contributed by atoms with E-state index in [0.29, 0.717) is 0 Å². The molecule has 1 amide bonds. The normalized spacial score (nSPS) is 10.8. The van der Waals surface area contributed by atoms with Crippen LogP contribution in [0.25, 0.3) is 0 Å². The molecule has 0 fully saturated rings. The van der Waals surface area contributed by atoms with Crippen molar-refractivity contribution in [2.24, 2.45) is 0 Å². The van der Waals surface area contributed by atoms with Crippen molar-refractivity contribution in [2.75, 3.05) is 10.0 Å². The fourth-order valence-electron chi connectivity index (χ4n) is 2.64. The fraction of sp³-hybridized carbons (Fsp3) is 0. The van der Waals surface area contributed by atoms with E-state index in [1.165, 1.54) is 60.7 Å². The first-order chi connectivity index (χ1) is 14.7. The van der Waals surface area contributed by atoms with Crippen molar-refractivity contribution in [1.82, 2.24) is 0 Å². The first-order valence-electron chi connectivity index (χ1n) is 8.68. The molecule has 0 radical (unpaired) electrons. The summed E-state index contributed by atoms with van der Waals surface area (Å²) < 4.78 is 27.2. The zero-order valence-electron chi connectivity index (χ0n) is 15.7. The summed E-state index contributed by atoms with van der Waals surface area (Å²) in [6.45, 7) is 0. The van der Waals surface area contributed by atoms with Crippen molar-refractivity contribution in [3.63, 3.8) is 0 Å². The number of carboxylic acid groups (broad SMARTS) is 1. The van der Waals surface area contributed by atoms with Crippen molar-refractivity contribution >= 4 is 39.0 Å². The maximum atomic E-state index is 12.5. The summed E-state index contributed by atoms with van der Waals surface area (Å²) in [5.74, 6) is -1.77. The summed E-state index contributed by atoms with van der Waals surface area (Å²) in [4.78, 5) is 33.5. The highest BCUT2D eigenvalue weighted by molar-refractivity contribution is 7.92. The number of carbonyl (C=O) groups excluding carboxylic acids is 1. The number of nitro groups is 1. The van der Waals surface area contributed by atoms with Gasteiger partial charge in [-0.1, -0.05) is 18.2 Å². The number of nitrogens with zero attached hydrogens (tertiary/aromatic N) is 1. The van der Waals surface area contributed by atoms with Gasteiger partial charge in [0.15, 0.2) is 0 Å². The van der Waals surface area contributed by atoms with Gasteiger partial charge in [-0.05, 0) is 42.5 Å². The Kier molecular flexibility index (Phi) is 5.97. The maximum absolute atomic E-state index is 12.5. The molecule has 10 nitrogen and oxygen atoms in total. The molecule has 0 atom stereocenters. The minimum Gasteiger partial charge on any atom is -0.478 e. The number of aromatic carboxylic acids is 1. The molecule has 0 unspecified atom stereocenters. The minimum absolute atomic E-state index is 0.0721. The van der Waals surface area contributed by atoms with Gasteiger partial charge < -0.3 is 10.4 Å². The zero-order valence-corrected chi connectivity index (χ0v) is 16.5. The van der Waals surface area contributed by atoms with Crippen LogP contribution in [0.5, 0.6) is 0 Å². The average molecular weight is 441 g/mol. The summed E-state index contributed by atoms with van der Waals surface area (Å²) >= 11 is 0. The second-order valence-electron chi connectivity index (χ2n) is 6.24. The van der Waals surface area contributed by atoms with E-state index in [1.54, 1.807) is 6.07 Å². The predicted molar refractivity (Wildman–Crippen MR) is 112 cm³/mol. The van der Waals surface area contributed by atoms with E-state index in [9.17, 15) is 33.2 Å². The Labute approximate surface area is 176 Å². The van der Waals surface area contributed by atoms with Gasteiger partial charge in [-0.25, -0.2) is 13.2 Å². The van der Waals surface area contributed by atoms with Crippen LogP contribution in [-0.2, 0) is 10.0 Å². The Morgan fingerprint density at radius 3 is 2.26 bits per heavy atom. The highest BCUT2D eigenvalue weighted by Gasteiger charge is 2.18. The van der Waals surface area contributed by atoms with E-state index in [1.807, 2.05) is 0 Å². The van der Waals surface area contributed by atoms with Gasteiger partial charge in [0.05, 0.1) is 21.1 Å². The number of sulfonamides is 1. The van der Waals surface area contributed by atoms with Crippen molar-refractivity contribution in [1.29, 1.82) is 0 Å². The molecule has 0 spiro atoms. The lowest BCUT2D eigenvalue weighted by atomic mass is 10.1. The first-order valence-corrected chi connectivity index (χ1v) is 10.2. The number of non-ortho nitro benzene ring substituents is 1. The molecule has 158 valence electrons. The molecule has 11 heteroatoms. The Balaban J connectivity index is 1.76. The SMILES string of the molecule is O=C(Nc1ccccc1C(=O)O)c1ccc(NS(=O)(=O)c2cccc([N+](=O)[O-])c2)cc1. The molecule has 0 aromatic heterocycles. The molecule has 0 aliphatic rings. The monoisotopic (exact) mass is 441 g/mol. The molecule has 3 rings (SSSR count). The minimum atomic E-state index is -4.09. The van der Waals surface area contributed by atoms with Crippen molar-refractivity contribution < 1.29 is 28.0 Å². The quantitative estimate of drug-likeness (QED) is 0.375. The van der Waals surface area contributed by atoms with Gasteiger partial charge in [-0.15, -0.1) is 0 Å². The summed E-state index contributed by atoms with van der Waals surface area (Å²) in [5, 5.41) is 22.5. The smallest absolute Gasteiger partial charge is 0.337 e. The van der Waals surface area contributed by atoms with E-state index in [4.69, 9.17) is 0 Å². The topological polar surface area (TPSA) is 156 Å². The second-order valence-corrected chi connectivity index (χ2v) is 7.92. The Morgan fingerprint density at radius 2 is 1.61 bits per heavy atom. The molecular weight excluding hydrogens is 426 g/mol. The number of hydrogen-bond acceptors (Lipinski definition) is 6. The molecular formula is C20H15N3O7S. The number of amides is 1. The third-order valence-electron chi connectivity index (χ3n) is 4.14. The molecule has 3 aromatic rings. The second kappa shape index (κ2) is 8.63. The number of carboxylic acids is 1. The van der Waals surface area contributed by atoms with Crippen LogP contribution in [0.2, 0.25) is 0 Å². The molecule has 0 bridgehead atoms. The number of rotatable bonds is 7.